The Balaban J connectivity index is 1.49. The molecule has 0 fully saturated rings. The van der Waals surface area contributed by atoms with Crippen molar-refractivity contribution in [2.45, 2.75) is 13.3 Å². The van der Waals surface area contributed by atoms with E-state index in [0.29, 0.717) is 5.92 Å². The van der Waals surface area contributed by atoms with Crippen molar-refractivity contribution in [2.75, 3.05) is 0 Å². The molecule has 1 aliphatic rings. The molecular formula is C31H23NO. The minimum absolute atomic E-state index is 0.534. The van der Waals surface area contributed by atoms with Gasteiger partial charge in [0.1, 0.15) is 11.3 Å². The first-order valence-corrected chi connectivity index (χ1v) is 11.6. The second-order valence-electron chi connectivity index (χ2n) is 9.12. The van der Waals surface area contributed by atoms with E-state index in [4.69, 9.17) is 4.42 Å². The Morgan fingerprint density at radius 2 is 1.55 bits per heavy atom. The fourth-order valence-electron chi connectivity index (χ4n) is 5.34. The third-order valence-electron chi connectivity index (χ3n) is 6.95. The van der Waals surface area contributed by atoms with Crippen molar-refractivity contribution in [1.29, 1.82) is 0 Å². The van der Waals surface area contributed by atoms with Gasteiger partial charge in [-0.2, -0.15) is 0 Å². The molecule has 0 bridgehead atoms. The number of hydrogen-bond donors (Lipinski definition) is 0. The SMILES string of the molecule is CC1C=Cc2oc3ccc(-n4c5ccccc5c5cc(-c6ccccc6)ccc54)cc3c2C1. The van der Waals surface area contributed by atoms with E-state index < -0.39 is 0 Å². The average Bonchev–Trinajstić information content (AvgIpc) is 3.39. The maximum atomic E-state index is 6.15. The van der Waals surface area contributed by atoms with E-state index in [0.717, 1.165) is 17.8 Å². The van der Waals surface area contributed by atoms with Crippen LogP contribution in [0, 0.1) is 5.92 Å². The van der Waals surface area contributed by atoms with Crippen LogP contribution in [0.15, 0.2) is 101 Å². The summed E-state index contributed by atoms with van der Waals surface area (Å²) in [7, 11) is 0. The van der Waals surface area contributed by atoms with E-state index in [1.807, 2.05) is 0 Å². The molecule has 2 heterocycles. The topological polar surface area (TPSA) is 18.1 Å². The molecule has 2 aromatic heterocycles. The highest BCUT2D eigenvalue weighted by Crippen LogP contribution is 2.38. The number of allylic oxidation sites excluding steroid dienone is 1. The Hall–Kier alpha value is -4.04. The van der Waals surface area contributed by atoms with Crippen molar-refractivity contribution in [3.05, 3.63) is 108 Å². The van der Waals surface area contributed by atoms with Crippen LogP contribution in [0.3, 0.4) is 0 Å². The van der Waals surface area contributed by atoms with Crippen LogP contribution in [-0.2, 0) is 6.42 Å². The van der Waals surface area contributed by atoms with Gasteiger partial charge in [-0.15, -0.1) is 0 Å². The molecule has 0 radical (unpaired) electrons. The fourth-order valence-corrected chi connectivity index (χ4v) is 5.34. The lowest BCUT2D eigenvalue weighted by molar-refractivity contribution is 0.584. The molecule has 7 rings (SSSR count). The lowest BCUT2D eigenvalue weighted by Gasteiger charge is -2.12. The predicted molar refractivity (Wildman–Crippen MR) is 138 cm³/mol. The molecule has 0 N–H and O–H groups in total. The van der Waals surface area contributed by atoms with Crippen LogP contribution in [0.2, 0.25) is 0 Å². The van der Waals surface area contributed by atoms with Gasteiger partial charge in [-0.1, -0.05) is 67.6 Å². The monoisotopic (exact) mass is 425 g/mol. The highest BCUT2D eigenvalue weighted by molar-refractivity contribution is 6.10. The zero-order chi connectivity index (χ0) is 21.9. The first-order valence-electron chi connectivity index (χ1n) is 11.6. The van der Waals surface area contributed by atoms with E-state index >= 15 is 0 Å². The summed E-state index contributed by atoms with van der Waals surface area (Å²) in [4.78, 5) is 0. The van der Waals surface area contributed by atoms with Gasteiger partial charge in [0.2, 0.25) is 0 Å². The molecule has 0 aliphatic heterocycles. The first-order chi connectivity index (χ1) is 16.3. The van der Waals surface area contributed by atoms with E-state index in [1.165, 1.54) is 49.6 Å². The second-order valence-corrected chi connectivity index (χ2v) is 9.12. The molecule has 1 aliphatic carbocycles. The minimum atomic E-state index is 0.534. The lowest BCUT2D eigenvalue weighted by Crippen LogP contribution is -2.01. The van der Waals surface area contributed by atoms with Crippen LogP contribution in [0.25, 0.3) is 55.7 Å². The zero-order valence-electron chi connectivity index (χ0n) is 18.5. The first kappa shape index (κ1) is 18.5. The number of para-hydroxylation sites is 1. The Kier molecular flexibility index (Phi) is 3.92. The molecule has 6 aromatic rings. The zero-order valence-corrected chi connectivity index (χ0v) is 18.5. The number of hydrogen-bond acceptors (Lipinski definition) is 1. The molecule has 1 unspecified atom stereocenters. The molecule has 33 heavy (non-hydrogen) atoms. The highest BCUT2D eigenvalue weighted by atomic mass is 16.3. The van der Waals surface area contributed by atoms with Crippen LogP contribution < -0.4 is 0 Å². The minimum Gasteiger partial charge on any atom is -0.456 e. The molecule has 4 aromatic carbocycles. The maximum Gasteiger partial charge on any atom is 0.135 e. The standard InChI is InChI=1S/C31H23NO/c1-20-11-15-30-26(17-20)27-19-23(13-16-31(27)33-30)32-28-10-6-5-9-24(28)25-18-22(12-14-29(25)32)21-7-3-2-4-8-21/h2-16,18-20H,17H2,1H3. The summed E-state index contributed by atoms with van der Waals surface area (Å²) in [5.41, 5.74) is 8.40. The van der Waals surface area contributed by atoms with Crippen LogP contribution in [0.4, 0.5) is 0 Å². The van der Waals surface area contributed by atoms with Crippen LogP contribution in [0.5, 0.6) is 0 Å². The van der Waals surface area contributed by atoms with Crippen molar-refractivity contribution in [2.24, 2.45) is 5.92 Å². The molecule has 2 heteroatoms. The molecule has 0 saturated heterocycles. The molecule has 0 saturated carbocycles. The highest BCUT2D eigenvalue weighted by Gasteiger charge is 2.19. The predicted octanol–water partition coefficient (Wildman–Crippen LogP) is 8.40. The Morgan fingerprint density at radius 1 is 0.727 bits per heavy atom. The lowest BCUT2D eigenvalue weighted by atomic mass is 9.93. The largest absolute Gasteiger partial charge is 0.456 e. The van der Waals surface area contributed by atoms with Gasteiger partial charge >= 0.3 is 0 Å². The second kappa shape index (κ2) is 6.98. The van der Waals surface area contributed by atoms with Gasteiger partial charge in [0.15, 0.2) is 0 Å². The number of fused-ring (bicyclic) bond motifs is 6. The number of aromatic nitrogens is 1. The summed E-state index contributed by atoms with van der Waals surface area (Å²) in [6.07, 6.45) is 5.40. The molecule has 2 nitrogen and oxygen atoms in total. The van der Waals surface area contributed by atoms with Crippen LogP contribution in [-0.4, -0.2) is 4.57 Å². The van der Waals surface area contributed by atoms with Gasteiger partial charge in [0.05, 0.1) is 11.0 Å². The maximum absolute atomic E-state index is 6.15. The molecule has 0 amide bonds. The normalized spacial score (nSPS) is 15.5. The number of nitrogens with zero attached hydrogens (tertiary/aromatic N) is 1. The molecule has 1 atom stereocenters. The van der Waals surface area contributed by atoms with Crippen molar-refractivity contribution in [1.82, 2.24) is 4.57 Å². The number of rotatable bonds is 2. The smallest absolute Gasteiger partial charge is 0.135 e. The summed E-state index contributed by atoms with van der Waals surface area (Å²) >= 11 is 0. The Morgan fingerprint density at radius 3 is 2.45 bits per heavy atom. The molecular weight excluding hydrogens is 402 g/mol. The molecule has 158 valence electrons. The Bertz CT molecular complexity index is 1700. The van der Waals surface area contributed by atoms with E-state index in [1.54, 1.807) is 0 Å². The number of furan rings is 1. The van der Waals surface area contributed by atoms with Crippen LogP contribution >= 0.6 is 0 Å². The summed E-state index contributed by atoms with van der Waals surface area (Å²) in [6.45, 7) is 2.26. The van der Waals surface area contributed by atoms with E-state index in [9.17, 15) is 0 Å². The average molecular weight is 426 g/mol. The van der Waals surface area contributed by atoms with Gasteiger partial charge in [-0.3, -0.25) is 0 Å². The van der Waals surface area contributed by atoms with E-state index in [2.05, 4.69) is 115 Å². The number of benzene rings is 4. The van der Waals surface area contributed by atoms with Gasteiger partial charge in [-0.05, 0) is 65.9 Å². The summed E-state index contributed by atoms with van der Waals surface area (Å²) in [5, 5.41) is 3.78. The van der Waals surface area contributed by atoms with Crippen LogP contribution in [0.1, 0.15) is 18.2 Å². The van der Waals surface area contributed by atoms with Crippen molar-refractivity contribution < 1.29 is 4.42 Å². The van der Waals surface area contributed by atoms with Crippen molar-refractivity contribution in [3.63, 3.8) is 0 Å². The summed E-state index contributed by atoms with van der Waals surface area (Å²) in [5.74, 6) is 1.54. The summed E-state index contributed by atoms with van der Waals surface area (Å²) in [6, 6.07) is 32.7. The Labute approximate surface area is 192 Å². The summed E-state index contributed by atoms with van der Waals surface area (Å²) < 4.78 is 8.54. The quantitative estimate of drug-likeness (QED) is 0.272. The van der Waals surface area contributed by atoms with E-state index in [-0.39, 0.29) is 0 Å². The van der Waals surface area contributed by atoms with Gasteiger partial charge < -0.3 is 8.98 Å². The van der Waals surface area contributed by atoms with Gasteiger partial charge in [0, 0.05) is 27.4 Å². The third-order valence-corrected chi connectivity index (χ3v) is 6.95. The van der Waals surface area contributed by atoms with Crippen molar-refractivity contribution in [3.8, 4) is 16.8 Å². The molecule has 0 spiro atoms. The van der Waals surface area contributed by atoms with Crippen molar-refractivity contribution >= 4 is 38.9 Å². The van der Waals surface area contributed by atoms with Gasteiger partial charge in [0.25, 0.3) is 0 Å². The third kappa shape index (κ3) is 2.81. The van der Waals surface area contributed by atoms with Gasteiger partial charge in [-0.25, -0.2) is 0 Å². The fraction of sp³-hybridized carbons (Fsp3) is 0.0968.